The van der Waals surface area contributed by atoms with E-state index in [4.69, 9.17) is 9.47 Å². The number of nitrogens with zero attached hydrogens (tertiary/aromatic N) is 2. The SMILES string of the molecule is COc1ccccc1CN(C)C(=O)COC(=O)c1ccc([N+](=O)[O-])cc1. The van der Waals surface area contributed by atoms with Crippen LogP contribution in [0.5, 0.6) is 5.75 Å². The zero-order valence-corrected chi connectivity index (χ0v) is 14.4. The molecule has 0 atom stereocenters. The Labute approximate surface area is 150 Å². The van der Waals surface area contributed by atoms with Gasteiger partial charge in [-0.05, 0) is 18.2 Å². The molecule has 0 N–H and O–H groups in total. The molecule has 0 bridgehead atoms. The molecule has 2 aromatic carbocycles. The van der Waals surface area contributed by atoms with Gasteiger partial charge in [0.25, 0.3) is 11.6 Å². The van der Waals surface area contributed by atoms with Gasteiger partial charge < -0.3 is 14.4 Å². The van der Waals surface area contributed by atoms with Crippen LogP contribution in [0.3, 0.4) is 0 Å². The smallest absolute Gasteiger partial charge is 0.338 e. The Morgan fingerprint density at radius 1 is 1.12 bits per heavy atom. The topological polar surface area (TPSA) is 99.0 Å². The maximum atomic E-state index is 12.1. The van der Waals surface area contributed by atoms with Crippen molar-refractivity contribution in [3.8, 4) is 5.75 Å². The van der Waals surface area contributed by atoms with Crippen LogP contribution in [0.2, 0.25) is 0 Å². The Hall–Kier alpha value is -3.42. The number of ether oxygens (including phenoxy) is 2. The first-order valence-corrected chi connectivity index (χ1v) is 7.70. The van der Waals surface area contributed by atoms with Crippen LogP contribution >= 0.6 is 0 Å². The number of nitro benzene ring substituents is 1. The van der Waals surface area contributed by atoms with Crippen LogP contribution in [0, 0.1) is 10.1 Å². The lowest BCUT2D eigenvalue weighted by atomic mass is 10.2. The standard InChI is InChI=1S/C18H18N2O6/c1-19(11-14-5-3-4-6-16(14)25-2)17(21)12-26-18(22)13-7-9-15(10-8-13)20(23)24/h3-10H,11-12H2,1-2H3. The number of carbonyl (C=O) groups is 2. The van der Waals surface area contributed by atoms with Crippen molar-refractivity contribution in [1.82, 2.24) is 4.90 Å². The highest BCUT2D eigenvalue weighted by atomic mass is 16.6. The summed E-state index contributed by atoms with van der Waals surface area (Å²) >= 11 is 0. The van der Waals surface area contributed by atoms with Crippen LogP contribution in [-0.2, 0) is 16.1 Å². The zero-order chi connectivity index (χ0) is 19.1. The second-order valence-electron chi connectivity index (χ2n) is 5.44. The maximum absolute atomic E-state index is 12.1. The molecular formula is C18H18N2O6. The molecule has 0 radical (unpaired) electrons. The Bertz CT molecular complexity index is 804. The summed E-state index contributed by atoms with van der Waals surface area (Å²) in [6, 6.07) is 12.3. The third kappa shape index (κ3) is 4.79. The van der Waals surface area contributed by atoms with Gasteiger partial charge in [-0.1, -0.05) is 18.2 Å². The summed E-state index contributed by atoms with van der Waals surface area (Å²) < 4.78 is 10.2. The van der Waals surface area contributed by atoms with Gasteiger partial charge in [0, 0.05) is 31.3 Å². The lowest BCUT2D eigenvalue weighted by Gasteiger charge is -2.18. The third-order valence-electron chi connectivity index (χ3n) is 3.67. The number of hydrogen-bond donors (Lipinski definition) is 0. The molecule has 136 valence electrons. The lowest BCUT2D eigenvalue weighted by Crippen LogP contribution is -2.31. The fourth-order valence-corrected chi connectivity index (χ4v) is 2.22. The van der Waals surface area contributed by atoms with Gasteiger partial charge in [-0.15, -0.1) is 0 Å². The number of carbonyl (C=O) groups excluding carboxylic acids is 2. The maximum Gasteiger partial charge on any atom is 0.338 e. The highest BCUT2D eigenvalue weighted by Crippen LogP contribution is 2.19. The minimum absolute atomic E-state index is 0.130. The average Bonchev–Trinajstić information content (AvgIpc) is 2.66. The summed E-state index contributed by atoms with van der Waals surface area (Å²) in [5, 5.41) is 10.6. The van der Waals surface area contributed by atoms with E-state index in [0.29, 0.717) is 12.3 Å². The molecule has 0 unspecified atom stereocenters. The molecule has 0 fully saturated rings. The molecule has 0 aliphatic rings. The number of rotatable bonds is 7. The highest BCUT2D eigenvalue weighted by Gasteiger charge is 2.16. The number of likely N-dealkylation sites (N-methyl/N-ethyl adjacent to an activating group) is 1. The van der Waals surface area contributed by atoms with Gasteiger partial charge in [0.1, 0.15) is 5.75 Å². The van der Waals surface area contributed by atoms with Crippen molar-refractivity contribution in [3.63, 3.8) is 0 Å². The monoisotopic (exact) mass is 358 g/mol. The second kappa shape index (κ2) is 8.61. The Kier molecular flexibility index (Phi) is 6.26. The molecule has 0 aliphatic heterocycles. The molecule has 0 saturated heterocycles. The fourth-order valence-electron chi connectivity index (χ4n) is 2.22. The van der Waals surface area contributed by atoms with Gasteiger partial charge >= 0.3 is 5.97 Å². The van der Waals surface area contributed by atoms with Crippen LogP contribution in [0.1, 0.15) is 15.9 Å². The zero-order valence-electron chi connectivity index (χ0n) is 14.4. The van der Waals surface area contributed by atoms with Crippen molar-refractivity contribution in [2.24, 2.45) is 0 Å². The molecule has 2 aromatic rings. The second-order valence-corrected chi connectivity index (χ2v) is 5.44. The van der Waals surface area contributed by atoms with E-state index in [-0.39, 0.29) is 17.2 Å². The number of nitro groups is 1. The predicted octanol–water partition coefficient (Wildman–Crippen LogP) is 2.42. The third-order valence-corrected chi connectivity index (χ3v) is 3.67. The van der Waals surface area contributed by atoms with Crippen LogP contribution in [0.4, 0.5) is 5.69 Å². The summed E-state index contributed by atoms with van der Waals surface area (Å²) in [7, 11) is 3.14. The Balaban J connectivity index is 1.90. The van der Waals surface area contributed by atoms with E-state index in [1.807, 2.05) is 18.2 Å². The molecule has 0 spiro atoms. The molecule has 1 amide bonds. The molecule has 0 aromatic heterocycles. The largest absolute Gasteiger partial charge is 0.496 e. The summed E-state index contributed by atoms with van der Waals surface area (Å²) in [6.07, 6.45) is 0. The van der Waals surface area contributed by atoms with Crippen LogP contribution in [-0.4, -0.2) is 42.5 Å². The number of esters is 1. The van der Waals surface area contributed by atoms with Crippen molar-refractivity contribution in [2.45, 2.75) is 6.54 Å². The molecule has 0 aliphatic carbocycles. The average molecular weight is 358 g/mol. The van der Waals surface area contributed by atoms with Crippen LogP contribution in [0.25, 0.3) is 0 Å². The van der Waals surface area contributed by atoms with Crippen molar-refractivity contribution < 1.29 is 24.0 Å². The van der Waals surface area contributed by atoms with Crippen molar-refractivity contribution >= 4 is 17.6 Å². The molecule has 0 heterocycles. The molecule has 0 saturated carbocycles. The minimum Gasteiger partial charge on any atom is -0.496 e. The molecule has 8 nitrogen and oxygen atoms in total. The summed E-state index contributed by atoms with van der Waals surface area (Å²) in [6.45, 7) is -0.126. The number of para-hydroxylation sites is 1. The van der Waals surface area contributed by atoms with E-state index in [1.165, 1.54) is 29.2 Å². The summed E-state index contributed by atoms with van der Waals surface area (Å²) in [4.78, 5) is 35.5. The van der Waals surface area contributed by atoms with Crippen LogP contribution in [0.15, 0.2) is 48.5 Å². The highest BCUT2D eigenvalue weighted by molar-refractivity contribution is 5.91. The molecular weight excluding hydrogens is 340 g/mol. The van der Waals surface area contributed by atoms with Gasteiger partial charge in [0.2, 0.25) is 0 Å². The van der Waals surface area contributed by atoms with Crippen molar-refractivity contribution in [2.75, 3.05) is 20.8 Å². The van der Waals surface area contributed by atoms with E-state index < -0.39 is 17.5 Å². The molecule has 8 heteroatoms. The van der Waals surface area contributed by atoms with Gasteiger partial charge in [0.05, 0.1) is 17.6 Å². The van der Waals surface area contributed by atoms with Crippen molar-refractivity contribution in [1.29, 1.82) is 0 Å². The van der Waals surface area contributed by atoms with Gasteiger partial charge in [-0.2, -0.15) is 0 Å². The normalized spacial score (nSPS) is 10.1. The molecule has 2 rings (SSSR count). The first-order valence-electron chi connectivity index (χ1n) is 7.70. The quantitative estimate of drug-likeness (QED) is 0.428. The van der Waals surface area contributed by atoms with E-state index in [9.17, 15) is 19.7 Å². The fraction of sp³-hybridized carbons (Fsp3) is 0.222. The van der Waals surface area contributed by atoms with E-state index in [2.05, 4.69) is 0 Å². The molecule has 26 heavy (non-hydrogen) atoms. The van der Waals surface area contributed by atoms with E-state index in [0.717, 1.165) is 5.56 Å². The Morgan fingerprint density at radius 2 is 1.77 bits per heavy atom. The number of non-ortho nitro benzene ring substituents is 1. The first kappa shape index (κ1) is 18.9. The summed E-state index contributed by atoms with van der Waals surface area (Å²) in [5.41, 5.74) is 0.831. The number of amides is 1. The summed E-state index contributed by atoms with van der Waals surface area (Å²) in [5.74, 6) is -0.444. The first-order chi connectivity index (χ1) is 12.4. The van der Waals surface area contributed by atoms with E-state index in [1.54, 1.807) is 20.2 Å². The van der Waals surface area contributed by atoms with Gasteiger partial charge in [0.15, 0.2) is 6.61 Å². The van der Waals surface area contributed by atoms with Crippen molar-refractivity contribution in [3.05, 3.63) is 69.8 Å². The minimum atomic E-state index is -0.723. The van der Waals surface area contributed by atoms with Gasteiger partial charge in [-0.3, -0.25) is 14.9 Å². The number of hydrogen-bond acceptors (Lipinski definition) is 6. The Morgan fingerprint density at radius 3 is 2.38 bits per heavy atom. The number of methoxy groups -OCH3 is 1. The van der Waals surface area contributed by atoms with E-state index >= 15 is 0 Å². The predicted molar refractivity (Wildman–Crippen MR) is 92.8 cm³/mol. The van der Waals surface area contributed by atoms with Crippen LogP contribution < -0.4 is 4.74 Å². The lowest BCUT2D eigenvalue weighted by molar-refractivity contribution is -0.384. The number of benzene rings is 2. The van der Waals surface area contributed by atoms with Gasteiger partial charge in [-0.25, -0.2) is 4.79 Å².